The predicted octanol–water partition coefficient (Wildman–Crippen LogP) is 4.05. The summed E-state index contributed by atoms with van der Waals surface area (Å²) in [5.74, 6) is 0.664. The van der Waals surface area contributed by atoms with E-state index in [2.05, 4.69) is 18.8 Å². The van der Waals surface area contributed by atoms with Gasteiger partial charge >= 0.3 is 0 Å². The summed E-state index contributed by atoms with van der Waals surface area (Å²) in [5, 5.41) is 0.903. The number of rotatable bonds is 4. The summed E-state index contributed by atoms with van der Waals surface area (Å²) in [6, 6.07) is 0. The SMILES string of the molecule is CC(C)CCCn1c(=S)[nH]c2sc3c(c2c1=O)CCC3. The van der Waals surface area contributed by atoms with Gasteiger partial charge in [-0.3, -0.25) is 9.36 Å². The van der Waals surface area contributed by atoms with Crippen LogP contribution in [0.4, 0.5) is 0 Å². The maximum atomic E-state index is 12.7. The number of hydrogen-bond donors (Lipinski definition) is 1. The molecule has 0 fully saturated rings. The molecule has 20 heavy (non-hydrogen) atoms. The summed E-state index contributed by atoms with van der Waals surface area (Å²) in [6.07, 6.45) is 5.47. The van der Waals surface area contributed by atoms with Crippen LogP contribution < -0.4 is 5.56 Å². The van der Waals surface area contributed by atoms with Gasteiger partial charge in [0, 0.05) is 11.4 Å². The van der Waals surface area contributed by atoms with Crippen molar-refractivity contribution in [3.05, 3.63) is 25.6 Å². The van der Waals surface area contributed by atoms with Gasteiger partial charge in [-0.1, -0.05) is 13.8 Å². The number of nitrogens with zero attached hydrogens (tertiary/aromatic N) is 1. The number of aromatic nitrogens is 2. The average molecular weight is 308 g/mol. The van der Waals surface area contributed by atoms with Gasteiger partial charge in [-0.05, 0) is 55.8 Å². The fourth-order valence-corrected chi connectivity index (χ4v) is 4.59. The minimum atomic E-state index is 0.118. The van der Waals surface area contributed by atoms with Crippen molar-refractivity contribution in [1.29, 1.82) is 0 Å². The summed E-state index contributed by atoms with van der Waals surface area (Å²) >= 11 is 7.08. The highest BCUT2D eigenvalue weighted by Crippen LogP contribution is 2.34. The normalized spacial score (nSPS) is 14.3. The molecule has 3 rings (SSSR count). The summed E-state index contributed by atoms with van der Waals surface area (Å²) < 4.78 is 2.33. The first-order chi connectivity index (χ1) is 9.58. The molecule has 0 radical (unpaired) electrons. The Kier molecular flexibility index (Phi) is 3.82. The molecule has 1 aliphatic carbocycles. The molecule has 0 aromatic carbocycles. The van der Waals surface area contributed by atoms with Gasteiger partial charge in [0.2, 0.25) is 0 Å². The first kappa shape index (κ1) is 14.0. The van der Waals surface area contributed by atoms with E-state index in [1.54, 1.807) is 15.9 Å². The molecule has 1 N–H and O–H groups in total. The van der Waals surface area contributed by atoms with Gasteiger partial charge in [-0.15, -0.1) is 11.3 Å². The lowest BCUT2D eigenvalue weighted by Crippen LogP contribution is -2.22. The van der Waals surface area contributed by atoms with Crippen molar-refractivity contribution >= 4 is 33.8 Å². The summed E-state index contributed by atoms with van der Waals surface area (Å²) in [6.45, 7) is 5.14. The zero-order valence-corrected chi connectivity index (χ0v) is 13.6. The molecule has 0 saturated carbocycles. The molecular formula is C15H20N2OS2. The highest BCUT2D eigenvalue weighted by molar-refractivity contribution is 7.71. The Bertz CT molecular complexity index is 752. The van der Waals surface area contributed by atoms with Gasteiger partial charge in [0.15, 0.2) is 4.77 Å². The van der Waals surface area contributed by atoms with Crippen LogP contribution in [0.5, 0.6) is 0 Å². The van der Waals surface area contributed by atoms with Crippen LogP contribution in [0.2, 0.25) is 0 Å². The van der Waals surface area contributed by atoms with Gasteiger partial charge in [0.1, 0.15) is 4.83 Å². The largest absolute Gasteiger partial charge is 0.323 e. The Labute approximate surface area is 127 Å². The second-order valence-corrected chi connectivity index (χ2v) is 7.48. The molecule has 0 bridgehead atoms. The van der Waals surface area contributed by atoms with E-state index in [4.69, 9.17) is 12.2 Å². The Balaban J connectivity index is 2.04. The standard InChI is InChI=1S/C15H20N2OS2/c1-9(2)5-4-8-17-14(18)12-10-6-3-7-11(10)20-13(12)16-15(17)19/h9H,3-8H2,1-2H3,(H,16,19). The molecule has 2 heterocycles. The molecule has 0 unspecified atom stereocenters. The molecule has 108 valence electrons. The molecular weight excluding hydrogens is 288 g/mol. The van der Waals surface area contributed by atoms with Crippen LogP contribution in [0, 0.1) is 10.7 Å². The van der Waals surface area contributed by atoms with Gasteiger partial charge in [-0.25, -0.2) is 0 Å². The number of nitrogens with one attached hydrogen (secondary N) is 1. The van der Waals surface area contributed by atoms with E-state index in [-0.39, 0.29) is 5.56 Å². The number of aromatic amines is 1. The topological polar surface area (TPSA) is 37.8 Å². The minimum Gasteiger partial charge on any atom is -0.323 e. The van der Waals surface area contributed by atoms with Crippen molar-refractivity contribution in [2.75, 3.05) is 0 Å². The number of H-pyrrole nitrogens is 1. The van der Waals surface area contributed by atoms with Gasteiger partial charge < -0.3 is 4.98 Å². The Morgan fingerprint density at radius 3 is 2.95 bits per heavy atom. The zero-order valence-electron chi connectivity index (χ0n) is 12.0. The number of thiophene rings is 1. The van der Waals surface area contributed by atoms with Crippen molar-refractivity contribution in [2.24, 2.45) is 5.92 Å². The molecule has 0 amide bonds. The molecule has 1 aliphatic rings. The van der Waals surface area contributed by atoms with Crippen molar-refractivity contribution in [3.8, 4) is 0 Å². The second kappa shape index (κ2) is 5.45. The van der Waals surface area contributed by atoms with Gasteiger partial charge in [-0.2, -0.15) is 0 Å². The van der Waals surface area contributed by atoms with E-state index < -0.39 is 0 Å². The van der Waals surface area contributed by atoms with Crippen LogP contribution in [-0.2, 0) is 19.4 Å². The Hall–Kier alpha value is -0.940. The molecule has 0 saturated heterocycles. The van der Waals surface area contributed by atoms with E-state index in [1.807, 2.05) is 0 Å². The van der Waals surface area contributed by atoms with Crippen LogP contribution in [0.1, 0.15) is 43.6 Å². The first-order valence-corrected chi connectivity index (χ1v) is 8.57. The van der Waals surface area contributed by atoms with E-state index >= 15 is 0 Å². The molecule has 5 heteroatoms. The lowest BCUT2D eigenvalue weighted by molar-refractivity contribution is 0.502. The van der Waals surface area contributed by atoms with Gasteiger partial charge in [0.05, 0.1) is 5.39 Å². The fourth-order valence-electron chi connectivity index (χ4n) is 2.97. The molecule has 2 aromatic rings. The quantitative estimate of drug-likeness (QED) is 0.865. The molecule has 0 aliphatic heterocycles. The lowest BCUT2D eigenvalue weighted by Gasteiger charge is -2.08. The van der Waals surface area contributed by atoms with Crippen LogP contribution >= 0.6 is 23.6 Å². The number of fused-ring (bicyclic) bond motifs is 3. The molecule has 3 nitrogen and oxygen atoms in total. The van der Waals surface area contributed by atoms with Crippen molar-refractivity contribution in [3.63, 3.8) is 0 Å². The van der Waals surface area contributed by atoms with Crippen LogP contribution in [0.15, 0.2) is 4.79 Å². The highest BCUT2D eigenvalue weighted by atomic mass is 32.1. The summed E-state index contributed by atoms with van der Waals surface area (Å²) in [5.41, 5.74) is 1.39. The predicted molar refractivity (Wildman–Crippen MR) is 87.4 cm³/mol. The zero-order chi connectivity index (χ0) is 14.3. The van der Waals surface area contributed by atoms with E-state index in [0.29, 0.717) is 10.7 Å². The average Bonchev–Trinajstić information content (AvgIpc) is 2.92. The molecule has 0 spiro atoms. The van der Waals surface area contributed by atoms with Crippen LogP contribution in [0.3, 0.4) is 0 Å². The third kappa shape index (κ3) is 2.37. The van der Waals surface area contributed by atoms with Crippen LogP contribution in [0.25, 0.3) is 10.2 Å². The highest BCUT2D eigenvalue weighted by Gasteiger charge is 2.21. The number of hydrogen-bond acceptors (Lipinski definition) is 3. The smallest absolute Gasteiger partial charge is 0.263 e. The summed E-state index contributed by atoms with van der Waals surface area (Å²) in [4.78, 5) is 18.3. The Morgan fingerprint density at radius 1 is 1.40 bits per heavy atom. The second-order valence-electron chi connectivity index (χ2n) is 5.98. The fraction of sp³-hybridized carbons (Fsp3) is 0.600. The maximum Gasteiger partial charge on any atom is 0.263 e. The lowest BCUT2D eigenvalue weighted by atomic mass is 10.1. The van der Waals surface area contributed by atoms with Gasteiger partial charge in [0.25, 0.3) is 5.56 Å². The maximum absolute atomic E-state index is 12.7. The molecule has 0 atom stereocenters. The first-order valence-electron chi connectivity index (χ1n) is 7.35. The third-order valence-electron chi connectivity index (χ3n) is 4.01. The van der Waals surface area contributed by atoms with Crippen molar-refractivity contribution < 1.29 is 0 Å². The number of aryl methyl sites for hydroxylation is 2. The van der Waals surface area contributed by atoms with Crippen LogP contribution in [-0.4, -0.2) is 9.55 Å². The molecule has 2 aromatic heterocycles. The monoisotopic (exact) mass is 308 g/mol. The Morgan fingerprint density at radius 2 is 2.20 bits per heavy atom. The van der Waals surface area contributed by atoms with Crippen molar-refractivity contribution in [2.45, 2.75) is 52.5 Å². The third-order valence-corrected chi connectivity index (χ3v) is 5.54. The van der Waals surface area contributed by atoms with E-state index in [1.165, 1.54) is 16.9 Å². The minimum absolute atomic E-state index is 0.118. The van der Waals surface area contributed by atoms with Crippen molar-refractivity contribution in [1.82, 2.24) is 9.55 Å². The van der Waals surface area contributed by atoms with E-state index in [9.17, 15) is 4.79 Å². The summed E-state index contributed by atoms with van der Waals surface area (Å²) in [7, 11) is 0. The van der Waals surface area contributed by atoms with E-state index in [0.717, 1.165) is 42.4 Å².